The van der Waals surface area contributed by atoms with Gasteiger partial charge in [-0.1, -0.05) is 63.2 Å². The van der Waals surface area contributed by atoms with Crippen LogP contribution in [0.3, 0.4) is 0 Å². The number of likely N-dealkylation sites (N-methyl/N-ethyl adjacent to an activating group) is 1. The van der Waals surface area contributed by atoms with Gasteiger partial charge in [-0.15, -0.1) is 0 Å². The largest absolute Gasteiger partial charge is 0.394 e. The van der Waals surface area contributed by atoms with E-state index in [4.69, 9.17) is 4.74 Å². The summed E-state index contributed by atoms with van der Waals surface area (Å²) in [6, 6.07) is 15.6. The van der Waals surface area contributed by atoms with E-state index in [1.54, 1.807) is 16.8 Å². The van der Waals surface area contributed by atoms with Crippen molar-refractivity contribution >= 4 is 22.8 Å². The van der Waals surface area contributed by atoms with Crippen LogP contribution in [0, 0.1) is 11.8 Å². The number of aromatic nitrogens is 1. The van der Waals surface area contributed by atoms with Gasteiger partial charge in [-0.3, -0.25) is 4.79 Å². The van der Waals surface area contributed by atoms with Crippen LogP contribution in [0.25, 0.3) is 22.0 Å². The third-order valence-electron chi connectivity index (χ3n) is 8.38. The van der Waals surface area contributed by atoms with E-state index < -0.39 is 6.04 Å². The lowest BCUT2D eigenvalue weighted by Crippen LogP contribution is -2.50. The molecule has 2 aromatic carbocycles. The molecule has 0 saturated carbocycles. The van der Waals surface area contributed by atoms with Crippen LogP contribution in [0.15, 0.2) is 48.5 Å². The van der Waals surface area contributed by atoms with E-state index in [0.717, 1.165) is 27.6 Å². The fourth-order valence-corrected chi connectivity index (χ4v) is 5.35. The summed E-state index contributed by atoms with van der Waals surface area (Å²) < 4.78 is 8.56. The Hall–Kier alpha value is -3.36. The number of urea groups is 1. The molecule has 8 nitrogen and oxygen atoms in total. The van der Waals surface area contributed by atoms with Crippen molar-refractivity contribution in [3.63, 3.8) is 0 Å². The van der Waals surface area contributed by atoms with Crippen LogP contribution in [0.2, 0.25) is 0 Å². The minimum absolute atomic E-state index is 0.0413. The van der Waals surface area contributed by atoms with E-state index in [2.05, 4.69) is 25.2 Å². The Morgan fingerprint density at radius 2 is 1.80 bits per heavy atom. The normalized spacial score (nSPS) is 19.5. The molecule has 40 heavy (non-hydrogen) atoms. The van der Waals surface area contributed by atoms with Crippen molar-refractivity contribution < 1.29 is 19.4 Å². The summed E-state index contributed by atoms with van der Waals surface area (Å²) >= 11 is 0. The zero-order valence-corrected chi connectivity index (χ0v) is 24.8. The molecule has 1 aliphatic rings. The Labute approximate surface area is 237 Å². The summed E-state index contributed by atoms with van der Waals surface area (Å²) in [6.45, 7) is 11.0. The molecule has 2 N–H and O–H groups in total. The Balaban J connectivity index is 1.79. The first-order chi connectivity index (χ1) is 19.0. The number of hydrogen-bond donors (Lipinski definition) is 2. The molecule has 4 rings (SSSR count). The number of nitrogens with one attached hydrogen (secondary N) is 1. The van der Waals surface area contributed by atoms with Crippen molar-refractivity contribution in [2.45, 2.75) is 59.4 Å². The number of fused-ring (bicyclic) bond motifs is 5. The number of ether oxygens (including phenoxy) is 1. The van der Waals surface area contributed by atoms with Gasteiger partial charge in [0.2, 0.25) is 0 Å². The number of rotatable bonds is 6. The molecule has 4 atom stereocenters. The third-order valence-corrected chi connectivity index (χ3v) is 8.38. The lowest BCUT2D eigenvalue weighted by atomic mass is 9.96. The average molecular weight is 549 g/mol. The molecular formula is C32H44N4O4. The van der Waals surface area contributed by atoms with Gasteiger partial charge in [0.15, 0.2) is 0 Å². The average Bonchev–Trinajstić information content (AvgIpc) is 3.23. The Kier molecular flexibility index (Phi) is 9.21. The van der Waals surface area contributed by atoms with E-state index in [0.29, 0.717) is 31.3 Å². The molecule has 1 aromatic heterocycles. The van der Waals surface area contributed by atoms with Gasteiger partial charge in [-0.25, -0.2) is 4.79 Å². The van der Waals surface area contributed by atoms with Crippen LogP contribution in [0.1, 0.15) is 50.7 Å². The standard InChI is InChI=1S/C32H44N4O4/c1-20(2)23(5)33-32(39)34(6)17-28-21(3)16-36(22(4)18-37)31(38)30-29(25-13-9-8-12-24(25)19-40-28)26-14-10-11-15-27(26)35(30)7/h8-15,20-23,28,37H,16-19H2,1-7H3,(H,33,39)/t21-,22-,23-,28+/m1/s1. The van der Waals surface area contributed by atoms with Crippen molar-refractivity contribution in [2.24, 2.45) is 18.9 Å². The van der Waals surface area contributed by atoms with Crippen molar-refractivity contribution in [1.29, 1.82) is 0 Å². The SMILES string of the molecule is CC(C)[C@@H](C)NC(=O)N(C)C[C@@H]1OCc2ccccc2-c2c(n(C)c3ccccc23)C(=O)N([C@H](C)CO)C[C@H]1C. The summed E-state index contributed by atoms with van der Waals surface area (Å²) in [7, 11) is 3.70. The van der Waals surface area contributed by atoms with Crippen LogP contribution >= 0.6 is 0 Å². The van der Waals surface area contributed by atoms with Crippen molar-refractivity contribution in [1.82, 2.24) is 19.7 Å². The van der Waals surface area contributed by atoms with Gasteiger partial charge >= 0.3 is 6.03 Å². The Bertz CT molecular complexity index is 1350. The maximum Gasteiger partial charge on any atom is 0.317 e. The quantitative estimate of drug-likeness (QED) is 0.459. The number of amides is 3. The zero-order chi connectivity index (χ0) is 29.1. The van der Waals surface area contributed by atoms with Crippen molar-refractivity contribution in [3.05, 3.63) is 59.8 Å². The van der Waals surface area contributed by atoms with E-state index in [9.17, 15) is 14.7 Å². The highest BCUT2D eigenvalue weighted by Crippen LogP contribution is 2.38. The number of hydrogen-bond acceptors (Lipinski definition) is 4. The molecule has 0 fully saturated rings. The molecular weight excluding hydrogens is 504 g/mol. The highest BCUT2D eigenvalue weighted by molar-refractivity contribution is 6.10. The molecule has 2 heterocycles. The topological polar surface area (TPSA) is 87.0 Å². The number of nitrogens with zero attached hydrogens (tertiary/aromatic N) is 3. The van der Waals surface area contributed by atoms with Gasteiger partial charge < -0.3 is 29.5 Å². The second-order valence-electron chi connectivity index (χ2n) is 11.6. The van der Waals surface area contributed by atoms with Crippen LogP contribution in [-0.4, -0.2) is 76.3 Å². The van der Waals surface area contributed by atoms with Gasteiger partial charge in [-0.2, -0.15) is 0 Å². The summed E-state index contributed by atoms with van der Waals surface area (Å²) in [4.78, 5) is 30.8. The lowest BCUT2D eigenvalue weighted by molar-refractivity contribution is -0.0186. The number of aliphatic hydroxyl groups excluding tert-OH is 1. The predicted octanol–water partition coefficient (Wildman–Crippen LogP) is 4.89. The highest BCUT2D eigenvalue weighted by Gasteiger charge is 2.34. The van der Waals surface area contributed by atoms with Crippen LogP contribution < -0.4 is 5.32 Å². The molecule has 0 spiro atoms. The fraction of sp³-hybridized carbons (Fsp3) is 0.500. The maximum absolute atomic E-state index is 14.4. The molecule has 216 valence electrons. The molecule has 3 amide bonds. The van der Waals surface area contributed by atoms with Crippen LogP contribution in [0.4, 0.5) is 4.79 Å². The van der Waals surface area contributed by atoms with Crippen molar-refractivity contribution in [2.75, 3.05) is 26.7 Å². The first kappa shape index (κ1) is 29.6. The molecule has 3 aromatic rings. The number of aryl methyl sites for hydroxylation is 1. The van der Waals surface area contributed by atoms with Crippen LogP contribution in [0.5, 0.6) is 0 Å². The van der Waals surface area contributed by atoms with E-state index in [-0.39, 0.29) is 36.6 Å². The zero-order valence-electron chi connectivity index (χ0n) is 24.8. The molecule has 0 unspecified atom stereocenters. The Morgan fingerprint density at radius 3 is 2.50 bits per heavy atom. The first-order valence-electron chi connectivity index (χ1n) is 14.3. The minimum Gasteiger partial charge on any atom is -0.394 e. The number of benzene rings is 2. The minimum atomic E-state index is -0.398. The third kappa shape index (κ3) is 5.88. The van der Waals surface area contributed by atoms with Crippen LogP contribution in [-0.2, 0) is 18.4 Å². The second kappa shape index (κ2) is 12.4. The lowest BCUT2D eigenvalue weighted by Gasteiger charge is -2.35. The predicted molar refractivity (Wildman–Crippen MR) is 159 cm³/mol. The van der Waals surface area contributed by atoms with E-state index >= 15 is 0 Å². The van der Waals surface area contributed by atoms with Gasteiger partial charge in [-0.05, 0) is 37.0 Å². The fourth-order valence-electron chi connectivity index (χ4n) is 5.35. The van der Waals surface area contributed by atoms with Gasteiger partial charge in [0, 0.05) is 55.6 Å². The van der Waals surface area contributed by atoms with E-state index in [1.165, 1.54) is 0 Å². The van der Waals surface area contributed by atoms with Crippen molar-refractivity contribution in [3.8, 4) is 11.1 Å². The molecule has 0 saturated heterocycles. The monoisotopic (exact) mass is 548 g/mol. The van der Waals surface area contributed by atoms with Gasteiger partial charge in [0.1, 0.15) is 5.69 Å². The highest BCUT2D eigenvalue weighted by atomic mass is 16.5. The molecule has 0 radical (unpaired) electrons. The first-order valence-corrected chi connectivity index (χ1v) is 14.3. The maximum atomic E-state index is 14.4. The summed E-state index contributed by atoms with van der Waals surface area (Å²) in [5, 5.41) is 14.2. The molecule has 8 heteroatoms. The molecule has 0 bridgehead atoms. The second-order valence-corrected chi connectivity index (χ2v) is 11.6. The van der Waals surface area contributed by atoms with Gasteiger partial charge in [0.05, 0.1) is 25.4 Å². The smallest absolute Gasteiger partial charge is 0.317 e. The molecule has 1 aliphatic heterocycles. The summed E-state index contributed by atoms with van der Waals surface area (Å²) in [5.41, 5.74) is 4.37. The number of carbonyl (C=O) groups is 2. The van der Waals surface area contributed by atoms with Gasteiger partial charge in [0.25, 0.3) is 5.91 Å². The Morgan fingerprint density at radius 1 is 1.12 bits per heavy atom. The summed E-state index contributed by atoms with van der Waals surface area (Å²) in [5.74, 6) is 0.0761. The number of para-hydroxylation sites is 1. The number of carbonyl (C=O) groups excluding carboxylic acids is 2. The van der Waals surface area contributed by atoms with E-state index in [1.807, 2.05) is 74.9 Å². The summed E-state index contributed by atoms with van der Waals surface area (Å²) in [6.07, 6.45) is -0.336. The number of aliphatic hydroxyl groups is 1. The molecule has 0 aliphatic carbocycles.